The molecule has 1 saturated heterocycles. The molecule has 1 fully saturated rings. The Morgan fingerprint density at radius 2 is 2.14 bits per heavy atom. The summed E-state index contributed by atoms with van der Waals surface area (Å²) in [5, 5.41) is 8.71. The summed E-state index contributed by atoms with van der Waals surface area (Å²) in [4.78, 5) is 13.0. The minimum Gasteiger partial charge on any atom is -0.496 e. The van der Waals surface area contributed by atoms with E-state index in [0.29, 0.717) is 0 Å². The highest BCUT2D eigenvalue weighted by atomic mass is 16.5. The number of nitrogens with zero attached hydrogens (tertiary/aromatic N) is 1. The first-order valence-electron chi connectivity index (χ1n) is 7.38. The maximum atomic E-state index is 10.6. The van der Waals surface area contributed by atoms with E-state index >= 15 is 0 Å². The molecule has 0 radical (unpaired) electrons. The largest absolute Gasteiger partial charge is 0.496 e. The smallest absolute Gasteiger partial charge is 0.328 e. The van der Waals surface area contributed by atoms with E-state index in [9.17, 15) is 4.79 Å². The first kappa shape index (κ1) is 15.6. The quantitative estimate of drug-likeness (QED) is 0.847. The van der Waals surface area contributed by atoms with Crippen molar-refractivity contribution in [1.29, 1.82) is 0 Å². The Morgan fingerprint density at radius 3 is 2.76 bits per heavy atom. The molecular weight excluding hydrogens is 266 g/mol. The summed E-state index contributed by atoms with van der Waals surface area (Å²) in [6.07, 6.45) is 5.25. The number of methoxy groups -OCH3 is 1. The zero-order valence-electron chi connectivity index (χ0n) is 12.7. The monoisotopic (exact) mass is 289 g/mol. The van der Waals surface area contributed by atoms with Gasteiger partial charge in [0.05, 0.1) is 7.11 Å². The van der Waals surface area contributed by atoms with Gasteiger partial charge in [-0.05, 0) is 55.6 Å². The molecule has 4 nitrogen and oxygen atoms in total. The highest BCUT2D eigenvalue weighted by Crippen LogP contribution is 2.25. The van der Waals surface area contributed by atoms with E-state index in [1.165, 1.54) is 12.8 Å². The number of likely N-dealkylation sites (tertiary alicyclic amines) is 1. The molecule has 0 aliphatic carbocycles. The van der Waals surface area contributed by atoms with E-state index in [0.717, 1.165) is 48.5 Å². The van der Waals surface area contributed by atoms with Gasteiger partial charge in [0.15, 0.2) is 0 Å². The van der Waals surface area contributed by atoms with Crippen molar-refractivity contribution < 1.29 is 14.6 Å². The van der Waals surface area contributed by atoms with Crippen LogP contribution in [0.15, 0.2) is 24.3 Å². The molecule has 4 heteroatoms. The van der Waals surface area contributed by atoms with Gasteiger partial charge in [0.1, 0.15) is 5.75 Å². The van der Waals surface area contributed by atoms with Crippen LogP contribution in [0.4, 0.5) is 0 Å². The van der Waals surface area contributed by atoms with Crippen LogP contribution < -0.4 is 4.74 Å². The molecule has 0 spiro atoms. The summed E-state index contributed by atoms with van der Waals surface area (Å²) < 4.78 is 5.42. The molecule has 0 atom stereocenters. The van der Waals surface area contributed by atoms with Crippen molar-refractivity contribution in [2.75, 3.05) is 20.2 Å². The third-order valence-corrected chi connectivity index (χ3v) is 3.99. The predicted octanol–water partition coefficient (Wildman–Crippen LogP) is 3.02. The van der Waals surface area contributed by atoms with Crippen LogP contribution in [-0.4, -0.2) is 36.2 Å². The first-order chi connectivity index (χ1) is 10.1. The third-order valence-electron chi connectivity index (χ3n) is 3.99. The number of carbonyl (C=O) groups is 1. The summed E-state index contributed by atoms with van der Waals surface area (Å²) in [5.41, 5.74) is 2.00. The van der Waals surface area contributed by atoms with Crippen LogP contribution in [0.2, 0.25) is 0 Å². The molecule has 114 valence electrons. The van der Waals surface area contributed by atoms with E-state index in [2.05, 4.69) is 11.8 Å². The van der Waals surface area contributed by atoms with Crippen molar-refractivity contribution in [2.24, 2.45) is 5.92 Å². The highest BCUT2D eigenvalue weighted by molar-refractivity contribution is 5.85. The van der Waals surface area contributed by atoms with E-state index < -0.39 is 5.97 Å². The summed E-state index contributed by atoms with van der Waals surface area (Å²) in [7, 11) is 1.67. The zero-order chi connectivity index (χ0) is 15.2. The van der Waals surface area contributed by atoms with Crippen LogP contribution >= 0.6 is 0 Å². The minimum absolute atomic E-state index is 0.813. The molecule has 1 aromatic carbocycles. The van der Waals surface area contributed by atoms with Gasteiger partial charge in [-0.2, -0.15) is 0 Å². The number of benzene rings is 1. The molecule has 0 unspecified atom stereocenters. The summed E-state index contributed by atoms with van der Waals surface area (Å²) >= 11 is 0. The van der Waals surface area contributed by atoms with Crippen LogP contribution in [0.25, 0.3) is 6.08 Å². The van der Waals surface area contributed by atoms with Gasteiger partial charge >= 0.3 is 5.97 Å². The molecule has 1 N–H and O–H groups in total. The Kier molecular flexibility index (Phi) is 5.39. The summed E-state index contributed by atoms with van der Waals surface area (Å²) in [6.45, 7) is 5.37. The standard InChI is InChI=1S/C17H23NO3/c1-13-7-9-18(10-8-13)12-15-11-14(4-6-17(19)20)3-5-16(15)21-2/h3-6,11,13H,7-10,12H2,1-2H3,(H,19,20). The van der Waals surface area contributed by atoms with Crippen molar-refractivity contribution in [3.8, 4) is 5.75 Å². The van der Waals surface area contributed by atoms with Gasteiger partial charge in [-0.1, -0.05) is 13.0 Å². The molecule has 1 heterocycles. The zero-order valence-corrected chi connectivity index (χ0v) is 12.7. The number of piperidine rings is 1. The van der Waals surface area contributed by atoms with Crippen molar-refractivity contribution in [3.05, 3.63) is 35.4 Å². The first-order valence-corrected chi connectivity index (χ1v) is 7.38. The van der Waals surface area contributed by atoms with Gasteiger partial charge in [-0.25, -0.2) is 4.79 Å². The SMILES string of the molecule is COc1ccc(C=CC(=O)O)cc1CN1CCC(C)CC1. The number of hydrogen-bond acceptors (Lipinski definition) is 3. The van der Waals surface area contributed by atoms with Crippen molar-refractivity contribution in [3.63, 3.8) is 0 Å². The van der Waals surface area contributed by atoms with Crippen LogP contribution in [0.1, 0.15) is 30.9 Å². The Labute approximate surface area is 126 Å². The minimum atomic E-state index is -0.933. The van der Waals surface area contributed by atoms with Gasteiger partial charge in [-0.15, -0.1) is 0 Å². The number of rotatable bonds is 5. The average molecular weight is 289 g/mol. The predicted molar refractivity (Wildman–Crippen MR) is 83.3 cm³/mol. The maximum Gasteiger partial charge on any atom is 0.328 e. The summed E-state index contributed by atoms with van der Waals surface area (Å²) in [5.74, 6) is 0.742. The fourth-order valence-electron chi connectivity index (χ4n) is 2.65. The van der Waals surface area contributed by atoms with Gasteiger partial charge in [0.2, 0.25) is 0 Å². The lowest BCUT2D eigenvalue weighted by molar-refractivity contribution is -0.131. The molecule has 1 aromatic rings. The molecule has 0 bridgehead atoms. The van der Waals surface area contributed by atoms with E-state index in [1.807, 2.05) is 18.2 Å². The Bertz CT molecular complexity index is 517. The van der Waals surface area contributed by atoms with Gasteiger partial charge in [0.25, 0.3) is 0 Å². The Hall–Kier alpha value is -1.81. The normalized spacial score (nSPS) is 17.2. The lowest BCUT2D eigenvalue weighted by Crippen LogP contribution is -2.32. The number of carboxylic acids is 1. The summed E-state index contributed by atoms with van der Waals surface area (Å²) in [6, 6.07) is 5.79. The van der Waals surface area contributed by atoms with E-state index in [1.54, 1.807) is 13.2 Å². The Morgan fingerprint density at radius 1 is 1.43 bits per heavy atom. The molecule has 21 heavy (non-hydrogen) atoms. The molecule has 0 aromatic heterocycles. The highest BCUT2D eigenvalue weighted by Gasteiger charge is 2.17. The second-order valence-electron chi connectivity index (χ2n) is 5.70. The molecule has 0 amide bonds. The number of carboxylic acid groups (broad SMARTS) is 1. The van der Waals surface area contributed by atoms with Crippen LogP contribution in [0.3, 0.4) is 0 Å². The van der Waals surface area contributed by atoms with Crippen molar-refractivity contribution >= 4 is 12.0 Å². The molecule has 1 aliphatic rings. The Balaban J connectivity index is 2.12. The van der Waals surface area contributed by atoms with Crippen LogP contribution in [0, 0.1) is 5.92 Å². The molecular formula is C17H23NO3. The number of hydrogen-bond donors (Lipinski definition) is 1. The number of ether oxygens (including phenoxy) is 1. The van der Waals surface area contributed by atoms with Crippen LogP contribution in [-0.2, 0) is 11.3 Å². The molecule has 2 rings (SSSR count). The second-order valence-corrected chi connectivity index (χ2v) is 5.70. The second kappa shape index (κ2) is 7.27. The lowest BCUT2D eigenvalue weighted by Gasteiger charge is -2.30. The van der Waals surface area contributed by atoms with Crippen molar-refractivity contribution in [1.82, 2.24) is 4.90 Å². The van der Waals surface area contributed by atoms with Gasteiger partial charge < -0.3 is 9.84 Å². The lowest BCUT2D eigenvalue weighted by atomic mass is 9.98. The van der Waals surface area contributed by atoms with Crippen molar-refractivity contribution in [2.45, 2.75) is 26.3 Å². The topological polar surface area (TPSA) is 49.8 Å². The average Bonchev–Trinajstić information content (AvgIpc) is 2.48. The molecule has 0 saturated carbocycles. The fraction of sp³-hybridized carbons (Fsp3) is 0.471. The fourth-order valence-corrected chi connectivity index (χ4v) is 2.65. The third kappa shape index (κ3) is 4.60. The van der Waals surface area contributed by atoms with Gasteiger partial charge in [-0.3, -0.25) is 4.90 Å². The number of aliphatic carboxylic acids is 1. The van der Waals surface area contributed by atoms with E-state index in [-0.39, 0.29) is 0 Å². The maximum absolute atomic E-state index is 10.6. The van der Waals surface area contributed by atoms with Crippen LogP contribution in [0.5, 0.6) is 5.75 Å². The van der Waals surface area contributed by atoms with E-state index in [4.69, 9.17) is 9.84 Å². The van der Waals surface area contributed by atoms with Gasteiger partial charge in [0, 0.05) is 18.2 Å². The molecule has 1 aliphatic heterocycles.